The van der Waals surface area contributed by atoms with Gasteiger partial charge in [-0.15, -0.1) is 11.8 Å². The van der Waals surface area contributed by atoms with Gasteiger partial charge in [0.2, 0.25) is 5.91 Å². The molecule has 0 aromatic heterocycles. The fourth-order valence-electron chi connectivity index (χ4n) is 4.33. The van der Waals surface area contributed by atoms with E-state index in [1.54, 1.807) is 19.1 Å². The van der Waals surface area contributed by atoms with Gasteiger partial charge in [0.15, 0.2) is 0 Å². The van der Waals surface area contributed by atoms with Crippen molar-refractivity contribution in [2.45, 2.75) is 37.7 Å². The largest absolute Gasteiger partial charge is 0.508 e. The fourth-order valence-corrected chi connectivity index (χ4v) is 6.77. The number of thioether (sulfide) groups is 2. The summed E-state index contributed by atoms with van der Waals surface area (Å²) in [5, 5.41) is 21.7. The molecule has 0 saturated carbocycles. The van der Waals surface area contributed by atoms with E-state index in [1.165, 1.54) is 40.6 Å². The number of hydrogen-bond donors (Lipinski definition) is 3. The minimum Gasteiger partial charge on any atom is -0.508 e. The Balaban J connectivity index is 1.56. The first kappa shape index (κ1) is 24.8. The van der Waals surface area contributed by atoms with Crippen LogP contribution in [0.3, 0.4) is 0 Å². The van der Waals surface area contributed by atoms with Crippen molar-refractivity contribution in [1.29, 1.82) is 0 Å². The summed E-state index contributed by atoms with van der Waals surface area (Å²) in [4.78, 5) is 43.4. The van der Waals surface area contributed by atoms with Crippen LogP contribution in [0.15, 0.2) is 35.5 Å². The molecule has 4 rings (SSSR count). The van der Waals surface area contributed by atoms with Crippen molar-refractivity contribution < 1.29 is 24.6 Å². The number of nitrogens with zero attached hydrogens (tertiary/aromatic N) is 3. The zero-order chi connectivity index (χ0) is 24.6. The number of nitrogens with one attached hydrogen (secondary N) is 1. The molecule has 0 radical (unpaired) electrons. The Hall–Kier alpha value is -2.28. The van der Waals surface area contributed by atoms with Crippen molar-refractivity contribution in [3.05, 3.63) is 41.1 Å². The number of carbonyl (C=O) groups excluding carboxylic acids is 2. The molecule has 1 aromatic carbocycles. The summed E-state index contributed by atoms with van der Waals surface area (Å²) in [6.07, 6.45) is 0.911. The number of carbonyl (C=O) groups is 3. The maximum absolute atomic E-state index is 13.6. The van der Waals surface area contributed by atoms with Gasteiger partial charge >= 0.3 is 5.97 Å². The molecule has 2 fully saturated rings. The van der Waals surface area contributed by atoms with Gasteiger partial charge < -0.3 is 20.4 Å². The second kappa shape index (κ2) is 10.1. The molecule has 34 heavy (non-hydrogen) atoms. The van der Waals surface area contributed by atoms with Crippen LogP contribution in [0.1, 0.15) is 31.9 Å². The molecular weight excluding hydrogens is 496 g/mol. The van der Waals surface area contributed by atoms with Crippen molar-refractivity contribution in [3.8, 4) is 5.75 Å². The minimum absolute atomic E-state index is 0.00508. The predicted octanol–water partition coefficient (Wildman–Crippen LogP) is 2.15. The molecule has 1 aromatic rings. The Kier molecular flexibility index (Phi) is 7.41. The van der Waals surface area contributed by atoms with Crippen molar-refractivity contribution >= 4 is 57.8 Å². The van der Waals surface area contributed by atoms with Crippen LogP contribution >= 0.6 is 35.7 Å². The molecule has 0 aliphatic carbocycles. The first-order valence-electron chi connectivity index (χ1n) is 10.9. The number of carboxylic acid groups (broad SMARTS) is 1. The Labute approximate surface area is 211 Å². The SMILES string of the molecule is CCCN1CN(C(C(=O)N[C@@H]2C(=O)N3C(C(=O)O)=C(C)CSC23)c2ccc(O)cc2)CSC1=S. The Morgan fingerprint density at radius 1 is 1.29 bits per heavy atom. The average molecular weight is 523 g/mol. The van der Waals surface area contributed by atoms with E-state index in [1.807, 2.05) is 9.80 Å². The number of carboxylic acids is 1. The van der Waals surface area contributed by atoms with Gasteiger partial charge in [0.1, 0.15) is 33.2 Å². The Bertz CT molecular complexity index is 1050. The highest BCUT2D eigenvalue weighted by atomic mass is 32.2. The van der Waals surface area contributed by atoms with E-state index in [-0.39, 0.29) is 17.4 Å². The second-order valence-corrected chi connectivity index (χ2v) is 11.0. The van der Waals surface area contributed by atoms with Gasteiger partial charge in [-0.25, -0.2) is 4.79 Å². The van der Waals surface area contributed by atoms with E-state index >= 15 is 0 Å². The van der Waals surface area contributed by atoms with E-state index in [4.69, 9.17) is 12.2 Å². The third-order valence-electron chi connectivity index (χ3n) is 5.94. The normalized spacial score (nSPS) is 23.9. The third-order valence-corrected chi connectivity index (χ3v) is 8.94. The molecule has 3 aliphatic rings. The lowest BCUT2D eigenvalue weighted by Crippen LogP contribution is -2.71. The molecular formula is C22H26N4O5S3. The highest BCUT2D eigenvalue weighted by molar-refractivity contribution is 8.22. The summed E-state index contributed by atoms with van der Waals surface area (Å²) in [6.45, 7) is 5.00. The summed E-state index contributed by atoms with van der Waals surface area (Å²) in [5.41, 5.74) is 1.32. The molecule has 182 valence electrons. The first-order chi connectivity index (χ1) is 16.2. The standard InChI is InChI=1S/C22H26N4O5S3/c1-3-8-24-10-25(11-34-22(24)32)17(13-4-6-14(27)7-5-13)18(28)23-15-19(29)26-16(21(30)31)12(2)9-33-20(15)26/h4-7,15,17,20,27H,3,8-11H2,1-2H3,(H,23,28)(H,30,31)/t15-,17?,20?/m1/s1. The number of aromatic hydroxyl groups is 1. The summed E-state index contributed by atoms with van der Waals surface area (Å²) >= 11 is 8.40. The van der Waals surface area contributed by atoms with E-state index in [0.29, 0.717) is 29.4 Å². The van der Waals surface area contributed by atoms with Crippen molar-refractivity contribution in [2.75, 3.05) is 24.8 Å². The minimum atomic E-state index is -1.14. The van der Waals surface area contributed by atoms with Crippen LogP contribution in [0.4, 0.5) is 0 Å². The van der Waals surface area contributed by atoms with Crippen molar-refractivity contribution in [1.82, 2.24) is 20.0 Å². The molecule has 9 nitrogen and oxygen atoms in total. The van der Waals surface area contributed by atoms with Gasteiger partial charge in [-0.2, -0.15) is 0 Å². The van der Waals surface area contributed by atoms with Crippen LogP contribution in [-0.4, -0.2) is 83.3 Å². The number of phenolic OH excluding ortho intramolecular Hbond substituents is 1. The lowest BCUT2D eigenvalue weighted by molar-refractivity contribution is -0.151. The number of amides is 2. The van der Waals surface area contributed by atoms with Gasteiger partial charge in [0.25, 0.3) is 5.91 Å². The molecule has 3 heterocycles. The van der Waals surface area contributed by atoms with Gasteiger partial charge in [0.05, 0.1) is 12.5 Å². The molecule has 3 atom stereocenters. The fraction of sp³-hybridized carbons (Fsp3) is 0.455. The molecule has 3 N–H and O–H groups in total. The van der Waals surface area contributed by atoms with E-state index in [9.17, 15) is 24.6 Å². The Morgan fingerprint density at radius 3 is 2.65 bits per heavy atom. The highest BCUT2D eigenvalue weighted by Crippen LogP contribution is 2.40. The number of benzene rings is 1. The lowest BCUT2D eigenvalue weighted by Gasteiger charge is -2.49. The zero-order valence-corrected chi connectivity index (χ0v) is 21.2. The second-order valence-electron chi connectivity index (χ2n) is 8.36. The number of fused-ring (bicyclic) bond motifs is 1. The molecule has 12 heteroatoms. The molecule has 2 saturated heterocycles. The number of rotatable bonds is 7. The summed E-state index contributed by atoms with van der Waals surface area (Å²) < 4.78 is 0.787. The van der Waals surface area contributed by atoms with Crippen LogP contribution in [0.5, 0.6) is 5.75 Å². The van der Waals surface area contributed by atoms with E-state index in [0.717, 1.165) is 17.3 Å². The number of hydrogen-bond acceptors (Lipinski definition) is 8. The number of aliphatic carboxylic acids is 1. The van der Waals surface area contributed by atoms with Gasteiger partial charge in [-0.1, -0.05) is 43.0 Å². The topological polar surface area (TPSA) is 113 Å². The molecule has 3 aliphatic heterocycles. The maximum Gasteiger partial charge on any atom is 0.352 e. The number of β-lactam (4-membered cyclic amide) rings is 1. The van der Waals surface area contributed by atoms with E-state index < -0.39 is 29.3 Å². The maximum atomic E-state index is 13.6. The average Bonchev–Trinajstić information content (AvgIpc) is 2.80. The van der Waals surface area contributed by atoms with E-state index in [2.05, 4.69) is 12.2 Å². The monoisotopic (exact) mass is 522 g/mol. The zero-order valence-electron chi connectivity index (χ0n) is 18.8. The predicted molar refractivity (Wildman–Crippen MR) is 135 cm³/mol. The van der Waals surface area contributed by atoms with Crippen LogP contribution < -0.4 is 5.32 Å². The van der Waals surface area contributed by atoms with Gasteiger partial charge in [0, 0.05) is 12.3 Å². The van der Waals surface area contributed by atoms with Crippen LogP contribution in [0, 0.1) is 0 Å². The van der Waals surface area contributed by atoms with Crippen LogP contribution in [-0.2, 0) is 14.4 Å². The number of thiocarbonyl (C=S) groups is 1. The first-order valence-corrected chi connectivity index (χ1v) is 13.3. The van der Waals surface area contributed by atoms with Crippen molar-refractivity contribution in [3.63, 3.8) is 0 Å². The van der Waals surface area contributed by atoms with Gasteiger partial charge in [-0.3, -0.25) is 19.4 Å². The van der Waals surface area contributed by atoms with Crippen LogP contribution in [0.25, 0.3) is 0 Å². The molecule has 2 amide bonds. The van der Waals surface area contributed by atoms with Crippen LogP contribution in [0.2, 0.25) is 0 Å². The van der Waals surface area contributed by atoms with Crippen molar-refractivity contribution in [2.24, 2.45) is 0 Å². The lowest BCUT2D eigenvalue weighted by atomic mass is 10.0. The summed E-state index contributed by atoms with van der Waals surface area (Å²) in [5.74, 6) is -0.829. The number of phenols is 1. The third kappa shape index (κ3) is 4.64. The summed E-state index contributed by atoms with van der Waals surface area (Å²) in [7, 11) is 0. The Morgan fingerprint density at radius 2 is 2.00 bits per heavy atom. The molecule has 0 bridgehead atoms. The highest BCUT2D eigenvalue weighted by Gasteiger charge is 2.54. The summed E-state index contributed by atoms with van der Waals surface area (Å²) in [6, 6.07) is 4.94. The smallest absolute Gasteiger partial charge is 0.352 e. The quantitative estimate of drug-likeness (QED) is 0.364. The molecule has 0 spiro atoms. The van der Waals surface area contributed by atoms with Gasteiger partial charge in [-0.05, 0) is 36.6 Å². The molecule has 2 unspecified atom stereocenters.